The molecule has 0 atom stereocenters. The van der Waals surface area contributed by atoms with Gasteiger partial charge in [0, 0.05) is 13.2 Å². The monoisotopic (exact) mass is 242 g/mol. The van der Waals surface area contributed by atoms with Crippen molar-refractivity contribution in [3.63, 3.8) is 0 Å². The highest BCUT2D eigenvalue weighted by Crippen LogP contribution is 2.04. The van der Waals surface area contributed by atoms with Crippen molar-refractivity contribution in [2.75, 3.05) is 13.2 Å². The summed E-state index contributed by atoms with van der Waals surface area (Å²) in [5.74, 6) is -2.25. The Labute approximate surface area is 97.8 Å². The topological polar surface area (TPSA) is 115 Å². The second-order valence-electron chi connectivity index (χ2n) is 2.99. The summed E-state index contributed by atoms with van der Waals surface area (Å²) in [7, 11) is 0. The molecule has 0 spiro atoms. The highest BCUT2D eigenvalue weighted by Gasteiger charge is 2.06. The van der Waals surface area contributed by atoms with Crippen LogP contribution in [-0.4, -0.2) is 45.6 Å². The van der Waals surface area contributed by atoms with Gasteiger partial charge >= 0.3 is 11.9 Å². The molecule has 94 valence electrons. The predicted molar refractivity (Wildman–Crippen MR) is 59.1 cm³/mol. The van der Waals surface area contributed by atoms with Crippen LogP contribution in [-0.2, 0) is 0 Å². The Kier molecular flexibility index (Phi) is 7.32. The van der Waals surface area contributed by atoms with E-state index in [0.29, 0.717) is 6.42 Å². The molecule has 0 saturated carbocycles. The molecule has 17 heavy (non-hydrogen) atoms. The summed E-state index contributed by atoms with van der Waals surface area (Å²) in [5.41, 5.74) is -0.0372. The fraction of sp³-hybridized carbons (Fsp3) is 0.273. The summed E-state index contributed by atoms with van der Waals surface area (Å²) in [6, 6.07) is 5.20. The number of benzene rings is 1. The maximum Gasteiger partial charge on any atom is 0.335 e. The molecule has 0 bridgehead atoms. The number of hydrogen-bond donors (Lipinski definition) is 4. The molecule has 4 N–H and O–H groups in total. The normalized spacial score (nSPS) is 9.06. The molecule has 0 unspecified atom stereocenters. The predicted octanol–water partition coefficient (Wildman–Crippen LogP) is 0.444. The lowest BCUT2D eigenvalue weighted by Gasteiger charge is -1.95. The Morgan fingerprint density at radius 3 is 1.59 bits per heavy atom. The quantitative estimate of drug-likeness (QED) is 0.609. The minimum Gasteiger partial charge on any atom is -0.478 e. The van der Waals surface area contributed by atoms with Crippen LogP contribution in [0.2, 0.25) is 0 Å². The van der Waals surface area contributed by atoms with Gasteiger partial charge in [0.25, 0.3) is 0 Å². The molecule has 6 nitrogen and oxygen atoms in total. The number of rotatable bonds is 4. The van der Waals surface area contributed by atoms with E-state index in [9.17, 15) is 9.59 Å². The van der Waals surface area contributed by atoms with Crippen molar-refractivity contribution >= 4 is 11.9 Å². The maximum absolute atomic E-state index is 10.4. The number of hydrogen-bond acceptors (Lipinski definition) is 4. The molecule has 0 aliphatic rings. The number of carboxylic acids is 2. The van der Waals surface area contributed by atoms with E-state index in [4.69, 9.17) is 20.4 Å². The second kappa shape index (κ2) is 8.26. The van der Waals surface area contributed by atoms with Crippen molar-refractivity contribution in [3.8, 4) is 0 Å². The summed E-state index contributed by atoms with van der Waals surface area (Å²) in [5, 5.41) is 32.8. The van der Waals surface area contributed by atoms with Crippen LogP contribution in [0.4, 0.5) is 0 Å². The van der Waals surface area contributed by atoms with Gasteiger partial charge in [-0.2, -0.15) is 0 Å². The fourth-order valence-electron chi connectivity index (χ4n) is 0.856. The van der Waals surface area contributed by atoms with Crippen LogP contribution < -0.4 is 0 Å². The van der Waals surface area contributed by atoms with Crippen LogP contribution in [0.5, 0.6) is 0 Å². The van der Waals surface area contributed by atoms with Crippen molar-refractivity contribution in [1.82, 2.24) is 0 Å². The zero-order chi connectivity index (χ0) is 13.3. The van der Waals surface area contributed by atoms with Gasteiger partial charge in [-0.05, 0) is 24.6 Å². The van der Waals surface area contributed by atoms with E-state index in [2.05, 4.69) is 0 Å². The SMILES string of the molecule is O=C(O)c1cccc(C(=O)O)c1.OCCCO. The number of aliphatic hydroxyl groups excluding tert-OH is 2. The summed E-state index contributed by atoms with van der Waals surface area (Å²) in [4.78, 5) is 20.8. The van der Waals surface area contributed by atoms with E-state index in [0.717, 1.165) is 6.07 Å². The molecular weight excluding hydrogens is 228 g/mol. The van der Waals surface area contributed by atoms with E-state index < -0.39 is 11.9 Å². The molecule has 0 fully saturated rings. The highest BCUT2D eigenvalue weighted by atomic mass is 16.4. The third kappa shape index (κ3) is 6.29. The molecule has 0 radical (unpaired) electrons. The average molecular weight is 242 g/mol. The summed E-state index contributed by atoms with van der Waals surface area (Å²) in [6.07, 6.45) is 0.500. The van der Waals surface area contributed by atoms with E-state index in [1.807, 2.05) is 0 Å². The van der Waals surface area contributed by atoms with E-state index in [-0.39, 0.29) is 24.3 Å². The van der Waals surface area contributed by atoms with Crippen LogP contribution in [0.15, 0.2) is 24.3 Å². The first-order valence-corrected chi connectivity index (χ1v) is 4.81. The van der Waals surface area contributed by atoms with Crippen molar-refractivity contribution in [3.05, 3.63) is 35.4 Å². The Hall–Kier alpha value is -1.92. The highest BCUT2D eigenvalue weighted by molar-refractivity contribution is 5.93. The van der Waals surface area contributed by atoms with E-state index in [1.165, 1.54) is 18.2 Å². The molecule has 1 aromatic rings. The Morgan fingerprint density at radius 2 is 1.35 bits per heavy atom. The Morgan fingerprint density at radius 1 is 0.941 bits per heavy atom. The Bertz CT molecular complexity index is 343. The molecule has 0 aliphatic heterocycles. The smallest absolute Gasteiger partial charge is 0.335 e. The Balaban J connectivity index is 0.000000437. The van der Waals surface area contributed by atoms with Gasteiger partial charge in [0.15, 0.2) is 0 Å². The average Bonchev–Trinajstić information content (AvgIpc) is 2.31. The van der Waals surface area contributed by atoms with Crippen LogP contribution >= 0.6 is 0 Å². The molecule has 6 heteroatoms. The summed E-state index contributed by atoms with van der Waals surface area (Å²) >= 11 is 0. The lowest BCUT2D eigenvalue weighted by Crippen LogP contribution is -2.01. The van der Waals surface area contributed by atoms with Crippen LogP contribution in [0, 0.1) is 0 Å². The molecular formula is C11H14O6. The van der Waals surface area contributed by atoms with E-state index >= 15 is 0 Å². The maximum atomic E-state index is 10.4. The molecule has 0 amide bonds. The molecule has 0 saturated heterocycles. The van der Waals surface area contributed by atoms with Gasteiger partial charge in [0.2, 0.25) is 0 Å². The molecule has 1 aromatic carbocycles. The summed E-state index contributed by atoms with van der Waals surface area (Å²) < 4.78 is 0. The summed E-state index contributed by atoms with van der Waals surface area (Å²) in [6.45, 7) is 0.188. The first-order valence-electron chi connectivity index (χ1n) is 4.81. The van der Waals surface area contributed by atoms with Gasteiger partial charge in [-0.25, -0.2) is 9.59 Å². The first kappa shape index (κ1) is 15.1. The lowest BCUT2D eigenvalue weighted by atomic mass is 10.1. The second-order valence-corrected chi connectivity index (χ2v) is 2.99. The van der Waals surface area contributed by atoms with Crippen LogP contribution in [0.25, 0.3) is 0 Å². The zero-order valence-electron chi connectivity index (χ0n) is 9.04. The van der Waals surface area contributed by atoms with Gasteiger partial charge in [-0.15, -0.1) is 0 Å². The van der Waals surface area contributed by atoms with Gasteiger partial charge < -0.3 is 20.4 Å². The zero-order valence-corrected chi connectivity index (χ0v) is 9.04. The number of aromatic carboxylic acids is 2. The lowest BCUT2D eigenvalue weighted by molar-refractivity contribution is 0.0696. The van der Waals surface area contributed by atoms with Gasteiger partial charge in [0.05, 0.1) is 11.1 Å². The minimum absolute atomic E-state index is 0.0186. The van der Waals surface area contributed by atoms with E-state index in [1.54, 1.807) is 0 Å². The number of carboxylic acid groups (broad SMARTS) is 2. The molecule has 0 aliphatic carbocycles. The van der Waals surface area contributed by atoms with Crippen LogP contribution in [0.1, 0.15) is 27.1 Å². The molecule has 0 heterocycles. The van der Waals surface area contributed by atoms with Gasteiger partial charge in [-0.1, -0.05) is 6.07 Å². The third-order valence-electron chi connectivity index (χ3n) is 1.67. The molecule has 0 aromatic heterocycles. The number of aliphatic hydroxyl groups is 2. The van der Waals surface area contributed by atoms with Crippen LogP contribution in [0.3, 0.4) is 0 Å². The molecule has 1 rings (SSSR count). The number of carbonyl (C=O) groups is 2. The van der Waals surface area contributed by atoms with Gasteiger partial charge in [-0.3, -0.25) is 0 Å². The standard InChI is InChI=1S/C8H6O4.C3H8O2/c9-7(10)5-2-1-3-6(4-5)8(11)12;4-2-1-3-5/h1-4H,(H,9,10)(H,11,12);4-5H,1-3H2. The third-order valence-corrected chi connectivity index (χ3v) is 1.67. The van der Waals surface area contributed by atoms with Crippen molar-refractivity contribution in [2.24, 2.45) is 0 Å². The minimum atomic E-state index is -1.13. The first-order chi connectivity index (χ1) is 8.02. The largest absolute Gasteiger partial charge is 0.478 e. The fourth-order valence-corrected chi connectivity index (χ4v) is 0.856. The van der Waals surface area contributed by atoms with Crippen molar-refractivity contribution in [1.29, 1.82) is 0 Å². The van der Waals surface area contributed by atoms with Crippen molar-refractivity contribution < 1.29 is 30.0 Å². The van der Waals surface area contributed by atoms with Gasteiger partial charge in [0.1, 0.15) is 0 Å². The van der Waals surface area contributed by atoms with Crippen molar-refractivity contribution in [2.45, 2.75) is 6.42 Å².